The fraction of sp³-hybridized carbons (Fsp3) is 0.515. The number of piperidine rings is 1. The fourth-order valence-corrected chi connectivity index (χ4v) is 8.32. The Hall–Kier alpha value is -3.81. The van der Waals surface area contributed by atoms with Gasteiger partial charge in [-0.25, -0.2) is 23.1 Å². The zero-order chi connectivity index (χ0) is 32.8. The summed E-state index contributed by atoms with van der Waals surface area (Å²) < 4.78 is 32.4. The zero-order valence-electron chi connectivity index (χ0n) is 27.2. The van der Waals surface area contributed by atoms with E-state index in [-0.39, 0.29) is 29.9 Å². The molecule has 2 atom stereocenters. The number of fused-ring (bicyclic) bond motifs is 1. The number of carbonyl (C=O) groups excluding carboxylic acids is 1. The van der Waals surface area contributed by atoms with E-state index in [9.17, 15) is 13.2 Å². The average molecular weight is 649 g/mol. The third-order valence-corrected chi connectivity index (χ3v) is 10.7. The van der Waals surface area contributed by atoms with E-state index in [4.69, 9.17) is 14.7 Å². The van der Waals surface area contributed by atoms with Crippen LogP contribution >= 0.6 is 0 Å². The number of aromatic nitrogens is 3. The average Bonchev–Trinajstić information content (AvgIpc) is 2.99. The summed E-state index contributed by atoms with van der Waals surface area (Å²) in [6.07, 6.45) is 8.38. The Morgan fingerprint density at radius 3 is 2.48 bits per heavy atom. The predicted octanol–water partition coefficient (Wildman–Crippen LogP) is 3.65. The van der Waals surface area contributed by atoms with Crippen LogP contribution in [0.15, 0.2) is 49.3 Å². The van der Waals surface area contributed by atoms with Gasteiger partial charge in [0, 0.05) is 86.7 Å². The smallest absolute Gasteiger partial charge is 0.245 e. The van der Waals surface area contributed by atoms with Crippen molar-refractivity contribution >= 4 is 50.0 Å². The number of ether oxygens (including phenoxy) is 1. The number of carbonyl (C=O) groups is 1. The first kappa shape index (κ1) is 32.1. The third-order valence-electron chi connectivity index (χ3n) is 9.83. The highest BCUT2D eigenvalue weighted by Gasteiger charge is 2.46. The second-order valence-corrected chi connectivity index (χ2v) is 15.1. The zero-order valence-corrected chi connectivity index (χ0v) is 28.0. The number of nitrogens with zero attached hydrogens (tertiary/aromatic N) is 6. The Labute approximate surface area is 271 Å². The van der Waals surface area contributed by atoms with Crippen molar-refractivity contribution in [2.24, 2.45) is 5.92 Å². The quantitative estimate of drug-likeness (QED) is 0.314. The number of nitrogens with one attached hydrogen (secondary N) is 2. The van der Waals surface area contributed by atoms with Crippen LogP contribution in [0.1, 0.15) is 45.1 Å². The van der Waals surface area contributed by atoms with Gasteiger partial charge in [-0.05, 0) is 68.8 Å². The van der Waals surface area contributed by atoms with Crippen molar-refractivity contribution in [1.82, 2.24) is 24.6 Å². The van der Waals surface area contributed by atoms with Crippen molar-refractivity contribution in [1.29, 1.82) is 0 Å². The minimum atomic E-state index is -3.35. The molecule has 0 bridgehead atoms. The summed E-state index contributed by atoms with van der Waals surface area (Å²) in [5.41, 5.74) is 1.63. The van der Waals surface area contributed by atoms with Crippen molar-refractivity contribution in [3.63, 3.8) is 0 Å². The van der Waals surface area contributed by atoms with Gasteiger partial charge in [-0.3, -0.25) is 4.79 Å². The maximum atomic E-state index is 12.2. The minimum absolute atomic E-state index is 0.0574. The molecule has 13 heteroatoms. The summed E-state index contributed by atoms with van der Waals surface area (Å²) in [6, 6.07) is 8.31. The van der Waals surface area contributed by atoms with Crippen molar-refractivity contribution < 1.29 is 17.9 Å². The highest BCUT2D eigenvalue weighted by atomic mass is 32.2. The summed E-state index contributed by atoms with van der Waals surface area (Å²) in [5, 5.41) is 5.47. The van der Waals surface area contributed by atoms with E-state index < -0.39 is 15.6 Å². The molecule has 12 nitrogen and oxygen atoms in total. The van der Waals surface area contributed by atoms with Crippen molar-refractivity contribution in [2.75, 3.05) is 61.2 Å². The van der Waals surface area contributed by atoms with Gasteiger partial charge in [0.25, 0.3) is 0 Å². The first-order chi connectivity index (χ1) is 21.9. The van der Waals surface area contributed by atoms with Crippen molar-refractivity contribution in [3.05, 3.63) is 54.9 Å². The van der Waals surface area contributed by atoms with Crippen LogP contribution in [0, 0.1) is 5.92 Å². The molecule has 0 radical (unpaired) electrons. The lowest BCUT2D eigenvalue weighted by atomic mass is 9.75. The molecule has 0 unspecified atom stereocenters. The second-order valence-electron chi connectivity index (χ2n) is 13.3. The SMILES string of the molecule is C=CC(=O)N1CC(c2ccc(N3C[C@H](C(C)(C)NS(C)(=O)=O)[C@H]3C)c3cnc(Nc4ccnc(N5CCC(OC)CC5)n4)cc23)C1. The molecule has 246 valence electrons. The molecule has 3 aliphatic rings. The fourth-order valence-electron chi connectivity index (χ4n) is 7.21. The van der Waals surface area contributed by atoms with E-state index in [1.807, 2.05) is 26.1 Å². The van der Waals surface area contributed by atoms with E-state index >= 15 is 0 Å². The molecule has 0 aliphatic carbocycles. The molecular weight excluding hydrogens is 604 g/mol. The molecule has 1 amide bonds. The number of anilines is 4. The highest BCUT2D eigenvalue weighted by molar-refractivity contribution is 7.88. The van der Waals surface area contributed by atoms with Gasteiger partial charge < -0.3 is 24.8 Å². The van der Waals surface area contributed by atoms with Crippen LogP contribution in [0.5, 0.6) is 0 Å². The lowest BCUT2D eigenvalue weighted by Gasteiger charge is -2.54. The number of amides is 1. The van der Waals surface area contributed by atoms with E-state index in [0.717, 1.165) is 48.0 Å². The molecule has 2 aromatic heterocycles. The summed E-state index contributed by atoms with van der Waals surface area (Å²) in [6.45, 7) is 13.3. The van der Waals surface area contributed by atoms with Crippen LogP contribution in [0.4, 0.5) is 23.3 Å². The summed E-state index contributed by atoms with van der Waals surface area (Å²) in [4.78, 5) is 32.6. The standard InChI is InChI=1S/C33H44N8O4S/c1-7-31(42)40-18-22(19-40)24-8-9-28(41-20-27(21(41)2)33(3,4)38-46(6,43)44)26-17-35-30(16-25(24)26)36-29-10-13-34-32(37-29)39-14-11-23(45-5)12-15-39/h7-10,13,16-17,21-23,27,38H,1,11-12,14-15,18-20H2,2-6H3,(H,34,35,36,37)/t21-,27+/m1/s1. The van der Waals surface area contributed by atoms with Crippen LogP contribution in [-0.2, 0) is 19.6 Å². The Kier molecular flexibility index (Phi) is 8.68. The van der Waals surface area contributed by atoms with Crippen LogP contribution < -0.4 is 19.8 Å². The molecule has 5 heterocycles. The maximum Gasteiger partial charge on any atom is 0.245 e. The van der Waals surface area contributed by atoms with Gasteiger partial charge in [0.1, 0.15) is 11.6 Å². The molecule has 2 N–H and O–H groups in total. The van der Waals surface area contributed by atoms with Gasteiger partial charge in [-0.1, -0.05) is 12.6 Å². The Balaban J connectivity index is 1.28. The Morgan fingerprint density at radius 1 is 1.09 bits per heavy atom. The summed E-state index contributed by atoms with van der Waals surface area (Å²) in [7, 11) is -1.59. The van der Waals surface area contributed by atoms with Crippen LogP contribution in [0.2, 0.25) is 0 Å². The Morgan fingerprint density at radius 2 is 1.83 bits per heavy atom. The molecule has 0 saturated carbocycles. The molecule has 46 heavy (non-hydrogen) atoms. The van der Waals surface area contributed by atoms with Crippen molar-refractivity contribution in [2.45, 2.75) is 57.2 Å². The van der Waals surface area contributed by atoms with Crippen LogP contribution in [0.3, 0.4) is 0 Å². The third kappa shape index (κ3) is 6.40. The lowest BCUT2D eigenvalue weighted by Crippen LogP contribution is -2.66. The van der Waals surface area contributed by atoms with Gasteiger partial charge in [0.05, 0.1) is 12.4 Å². The van der Waals surface area contributed by atoms with E-state index in [1.165, 1.54) is 12.3 Å². The second kappa shape index (κ2) is 12.4. The van der Waals surface area contributed by atoms with E-state index in [2.05, 4.69) is 56.5 Å². The molecule has 0 spiro atoms. The topological polar surface area (TPSA) is 133 Å². The number of rotatable bonds is 10. The largest absolute Gasteiger partial charge is 0.381 e. The molecule has 1 aromatic carbocycles. The van der Waals surface area contributed by atoms with Gasteiger partial charge >= 0.3 is 0 Å². The lowest BCUT2D eigenvalue weighted by molar-refractivity contribution is -0.130. The Bertz CT molecular complexity index is 1730. The molecule has 3 saturated heterocycles. The highest BCUT2D eigenvalue weighted by Crippen LogP contribution is 2.43. The van der Waals surface area contributed by atoms with Crippen LogP contribution in [-0.4, -0.2) is 98.0 Å². The van der Waals surface area contributed by atoms with E-state index in [1.54, 1.807) is 18.2 Å². The number of hydrogen-bond acceptors (Lipinski definition) is 10. The number of pyridine rings is 1. The van der Waals surface area contributed by atoms with E-state index in [0.29, 0.717) is 37.2 Å². The summed E-state index contributed by atoms with van der Waals surface area (Å²) in [5.74, 6) is 2.27. The number of likely N-dealkylation sites (tertiary alicyclic amines) is 1. The first-order valence-electron chi connectivity index (χ1n) is 15.8. The molecule has 3 fully saturated rings. The first-order valence-corrected chi connectivity index (χ1v) is 17.7. The normalized spacial score (nSPS) is 21.2. The molecule has 3 aromatic rings. The summed E-state index contributed by atoms with van der Waals surface area (Å²) >= 11 is 0. The predicted molar refractivity (Wildman–Crippen MR) is 181 cm³/mol. The van der Waals surface area contributed by atoms with Gasteiger partial charge in [-0.15, -0.1) is 0 Å². The number of sulfonamides is 1. The number of methoxy groups -OCH3 is 1. The van der Waals surface area contributed by atoms with Crippen molar-refractivity contribution in [3.8, 4) is 0 Å². The number of hydrogen-bond donors (Lipinski definition) is 2. The molecule has 6 rings (SSSR count). The van der Waals surface area contributed by atoms with Crippen LogP contribution in [0.25, 0.3) is 10.8 Å². The molecule has 3 aliphatic heterocycles. The monoisotopic (exact) mass is 648 g/mol. The minimum Gasteiger partial charge on any atom is -0.381 e. The van der Waals surface area contributed by atoms with Gasteiger partial charge in [-0.2, -0.15) is 4.98 Å². The number of benzene rings is 1. The van der Waals surface area contributed by atoms with Gasteiger partial charge in [0.2, 0.25) is 21.9 Å². The molecular formula is C33H44N8O4S. The maximum absolute atomic E-state index is 12.2. The van der Waals surface area contributed by atoms with Gasteiger partial charge in [0.15, 0.2) is 0 Å².